The molecule has 0 saturated heterocycles. The molecule has 0 aliphatic heterocycles. The van der Waals surface area contributed by atoms with E-state index in [4.69, 9.17) is 25.8 Å². The van der Waals surface area contributed by atoms with Crippen LogP contribution in [0.15, 0.2) is 36.4 Å². The van der Waals surface area contributed by atoms with Gasteiger partial charge in [0.25, 0.3) is 0 Å². The number of benzene rings is 2. The van der Waals surface area contributed by atoms with E-state index in [2.05, 4.69) is 22.6 Å². The van der Waals surface area contributed by atoms with Crippen molar-refractivity contribution in [1.82, 2.24) is 0 Å². The molecule has 2 aromatic carbocycles. The average Bonchev–Trinajstić information content (AvgIpc) is 2.55. The lowest BCUT2D eigenvalue weighted by Gasteiger charge is -2.14. The second kappa shape index (κ2) is 8.98. The maximum Gasteiger partial charge on any atom is 0.174 e. The summed E-state index contributed by atoms with van der Waals surface area (Å²) in [5.41, 5.74) is 0.558. The smallest absolute Gasteiger partial charge is 0.174 e. The van der Waals surface area contributed by atoms with Gasteiger partial charge in [-0.3, -0.25) is 4.79 Å². The van der Waals surface area contributed by atoms with Crippen molar-refractivity contribution in [2.24, 2.45) is 0 Å². The van der Waals surface area contributed by atoms with E-state index in [9.17, 15) is 4.79 Å². The van der Waals surface area contributed by atoms with Gasteiger partial charge in [-0.1, -0.05) is 11.6 Å². The fourth-order valence-electron chi connectivity index (χ4n) is 1.89. The predicted molar refractivity (Wildman–Crippen MR) is 98.2 cm³/mol. The van der Waals surface area contributed by atoms with E-state index in [-0.39, 0.29) is 0 Å². The number of halogens is 2. The fraction of sp³-hybridized carbons (Fsp3) is 0.235. The van der Waals surface area contributed by atoms with Crippen LogP contribution in [-0.2, 0) is 0 Å². The summed E-state index contributed by atoms with van der Waals surface area (Å²) in [6, 6.07) is 10.6. The molecule has 0 N–H and O–H groups in total. The molecule has 0 radical (unpaired) electrons. The Bertz CT molecular complexity index is 658. The van der Waals surface area contributed by atoms with Gasteiger partial charge in [0.2, 0.25) is 0 Å². The van der Waals surface area contributed by atoms with Crippen LogP contribution < -0.4 is 14.2 Å². The molecular weight excluding hydrogens is 431 g/mol. The summed E-state index contributed by atoms with van der Waals surface area (Å²) < 4.78 is 17.7. The largest absolute Gasteiger partial charge is 0.490 e. The molecule has 122 valence electrons. The van der Waals surface area contributed by atoms with E-state index in [0.29, 0.717) is 41.9 Å². The topological polar surface area (TPSA) is 44.8 Å². The lowest BCUT2D eigenvalue weighted by molar-refractivity contribution is 0.112. The maximum atomic E-state index is 10.9. The molecule has 0 bridgehead atoms. The molecule has 0 saturated carbocycles. The molecule has 0 aliphatic rings. The van der Waals surface area contributed by atoms with Crippen LogP contribution in [0.4, 0.5) is 0 Å². The van der Waals surface area contributed by atoms with E-state index in [1.54, 1.807) is 36.4 Å². The van der Waals surface area contributed by atoms with Gasteiger partial charge in [-0.05, 0) is 65.9 Å². The molecule has 2 rings (SSSR count). The van der Waals surface area contributed by atoms with Crippen molar-refractivity contribution >= 4 is 40.5 Å². The molecule has 4 nitrogen and oxygen atoms in total. The van der Waals surface area contributed by atoms with Crippen molar-refractivity contribution < 1.29 is 19.0 Å². The summed E-state index contributed by atoms with van der Waals surface area (Å²) in [6.07, 6.45) is 0.790. The molecule has 0 aliphatic carbocycles. The Kier molecular flexibility index (Phi) is 6.98. The third-order valence-corrected chi connectivity index (χ3v) is 3.93. The van der Waals surface area contributed by atoms with Crippen LogP contribution in [0.3, 0.4) is 0 Å². The Morgan fingerprint density at radius 3 is 2.43 bits per heavy atom. The zero-order valence-electron chi connectivity index (χ0n) is 12.6. The van der Waals surface area contributed by atoms with E-state index in [1.807, 2.05) is 6.92 Å². The first-order valence-corrected chi connectivity index (χ1v) is 8.52. The molecule has 0 heterocycles. The number of carbonyl (C=O) groups is 1. The molecule has 0 aromatic heterocycles. The van der Waals surface area contributed by atoms with Crippen molar-refractivity contribution in [2.45, 2.75) is 6.92 Å². The molecule has 6 heteroatoms. The van der Waals surface area contributed by atoms with Gasteiger partial charge in [0.1, 0.15) is 25.2 Å². The predicted octanol–water partition coefficient (Wildman–Crippen LogP) is 4.61. The molecule has 0 amide bonds. The third-order valence-electron chi connectivity index (χ3n) is 2.88. The van der Waals surface area contributed by atoms with Gasteiger partial charge in [-0.25, -0.2) is 0 Å². The Balaban J connectivity index is 1.96. The summed E-state index contributed by atoms with van der Waals surface area (Å²) in [5.74, 6) is 1.92. The third kappa shape index (κ3) is 5.28. The second-order valence-corrected chi connectivity index (χ2v) is 6.13. The van der Waals surface area contributed by atoms with Crippen molar-refractivity contribution in [3.8, 4) is 17.2 Å². The average molecular weight is 447 g/mol. The van der Waals surface area contributed by atoms with Gasteiger partial charge in [0.15, 0.2) is 11.5 Å². The number of aldehydes is 1. The van der Waals surface area contributed by atoms with Crippen molar-refractivity contribution in [3.05, 3.63) is 50.6 Å². The van der Waals surface area contributed by atoms with Crippen molar-refractivity contribution in [2.75, 3.05) is 19.8 Å². The fourth-order valence-corrected chi connectivity index (χ4v) is 2.80. The van der Waals surface area contributed by atoms with Crippen LogP contribution in [0.2, 0.25) is 5.02 Å². The highest BCUT2D eigenvalue weighted by molar-refractivity contribution is 14.1. The first-order valence-electron chi connectivity index (χ1n) is 7.06. The van der Waals surface area contributed by atoms with Crippen LogP contribution in [0, 0.1) is 3.57 Å². The maximum absolute atomic E-state index is 10.9. The monoisotopic (exact) mass is 446 g/mol. The molecule has 0 spiro atoms. The first kappa shape index (κ1) is 17.9. The zero-order chi connectivity index (χ0) is 16.7. The molecule has 2 aromatic rings. The lowest BCUT2D eigenvalue weighted by Crippen LogP contribution is -2.11. The van der Waals surface area contributed by atoms with Gasteiger partial charge in [0.05, 0.1) is 10.2 Å². The van der Waals surface area contributed by atoms with Crippen LogP contribution in [-0.4, -0.2) is 26.1 Å². The quantitative estimate of drug-likeness (QED) is 0.337. The van der Waals surface area contributed by atoms with Gasteiger partial charge in [0, 0.05) is 10.6 Å². The van der Waals surface area contributed by atoms with Crippen LogP contribution in [0.25, 0.3) is 0 Å². The second-order valence-electron chi connectivity index (χ2n) is 4.53. The van der Waals surface area contributed by atoms with Gasteiger partial charge in [-0.2, -0.15) is 0 Å². The Labute approximate surface area is 153 Å². The van der Waals surface area contributed by atoms with Gasteiger partial charge in [-0.15, -0.1) is 0 Å². The zero-order valence-corrected chi connectivity index (χ0v) is 15.5. The number of carbonyl (C=O) groups excluding carboxylic acids is 1. The number of hydrogen-bond donors (Lipinski definition) is 0. The minimum Gasteiger partial charge on any atom is -0.490 e. The number of ether oxygens (including phenoxy) is 3. The minimum atomic E-state index is 0.360. The highest BCUT2D eigenvalue weighted by atomic mass is 127. The molecular formula is C17H16ClIO4. The lowest BCUT2D eigenvalue weighted by atomic mass is 10.2. The number of rotatable bonds is 8. The number of hydrogen-bond acceptors (Lipinski definition) is 4. The van der Waals surface area contributed by atoms with E-state index in [0.717, 1.165) is 15.6 Å². The van der Waals surface area contributed by atoms with E-state index in [1.165, 1.54) is 0 Å². The highest BCUT2D eigenvalue weighted by Crippen LogP contribution is 2.33. The van der Waals surface area contributed by atoms with E-state index >= 15 is 0 Å². The Morgan fingerprint density at radius 1 is 1.09 bits per heavy atom. The van der Waals surface area contributed by atoms with E-state index < -0.39 is 0 Å². The summed E-state index contributed by atoms with van der Waals surface area (Å²) in [7, 11) is 0. The van der Waals surface area contributed by atoms with Crippen LogP contribution in [0.5, 0.6) is 17.2 Å². The summed E-state index contributed by atoms with van der Waals surface area (Å²) in [4.78, 5) is 10.9. The van der Waals surface area contributed by atoms with Gasteiger partial charge < -0.3 is 14.2 Å². The SMILES string of the molecule is CCOc1cc(C=O)cc(I)c1OCCOc1ccc(Cl)cc1. The molecule has 0 atom stereocenters. The summed E-state index contributed by atoms with van der Waals surface area (Å²) in [6.45, 7) is 3.13. The normalized spacial score (nSPS) is 10.2. The minimum absolute atomic E-state index is 0.360. The molecule has 0 fully saturated rings. The Hall–Kier alpha value is -1.47. The van der Waals surface area contributed by atoms with Crippen LogP contribution >= 0.6 is 34.2 Å². The molecule has 0 unspecified atom stereocenters. The summed E-state index contributed by atoms with van der Waals surface area (Å²) >= 11 is 7.94. The van der Waals surface area contributed by atoms with Crippen LogP contribution in [0.1, 0.15) is 17.3 Å². The highest BCUT2D eigenvalue weighted by Gasteiger charge is 2.12. The standard InChI is InChI=1S/C17H16ClIO4/c1-2-21-16-10-12(11-20)9-15(19)17(16)23-8-7-22-14-5-3-13(18)4-6-14/h3-6,9-11H,2,7-8H2,1H3. The first-order chi connectivity index (χ1) is 11.1. The van der Waals surface area contributed by atoms with Crippen molar-refractivity contribution in [3.63, 3.8) is 0 Å². The summed E-state index contributed by atoms with van der Waals surface area (Å²) in [5, 5.41) is 0.666. The Morgan fingerprint density at radius 2 is 1.78 bits per heavy atom. The van der Waals surface area contributed by atoms with Crippen molar-refractivity contribution in [1.29, 1.82) is 0 Å². The molecule has 23 heavy (non-hydrogen) atoms. The van der Waals surface area contributed by atoms with Gasteiger partial charge >= 0.3 is 0 Å².